The van der Waals surface area contributed by atoms with E-state index in [1.165, 1.54) is 11.3 Å². The van der Waals surface area contributed by atoms with Crippen molar-refractivity contribution in [2.75, 3.05) is 0 Å². The van der Waals surface area contributed by atoms with E-state index in [9.17, 15) is 8.78 Å². The van der Waals surface area contributed by atoms with E-state index >= 15 is 0 Å². The fourth-order valence-corrected chi connectivity index (χ4v) is 3.68. The van der Waals surface area contributed by atoms with E-state index in [0.717, 1.165) is 17.0 Å². The van der Waals surface area contributed by atoms with Crippen molar-refractivity contribution in [3.63, 3.8) is 0 Å². The van der Waals surface area contributed by atoms with Crippen LogP contribution in [0, 0.1) is 12.3 Å². The average Bonchev–Trinajstić information content (AvgIpc) is 3.02. The Labute approximate surface area is 126 Å². The Hall–Kier alpha value is -1.37. The number of thiazole rings is 1. The first kappa shape index (κ1) is 14.6. The Morgan fingerprint density at radius 2 is 2.10 bits per heavy atom. The number of rotatable bonds is 3. The molecule has 1 saturated carbocycles. The van der Waals surface area contributed by atoms with E-state index in [2.05, 4.69) is 15.3 Å². The Morgan fingerprint density at radius 3 is 2.76 bits per heavy atom. The van der Waals surface area contributed by atoms with E-state index in [4.69, 9.17) is 0 Å². The highest BCUT2D eigenvalue weighted by atomic mass is 32.1. The maximum atomic E-state index is 14.2. The maximum Gasteiger partial charge on any atom is 0.255 e. The third kappa shape index (κ3) is 2.59. The van der Waals surface area contributed by atoms with E-state index in [0.29, 0.717) is 18.5 Å². The van der Waals surface area contributed by atoms with Crippen molar-refractivity contribution in [3.8, 4) is 10.6 Å². The number of halogens is 2. The Bertz CT molecular complexity index is 636. The summed E-state index contributed by atoms with van der Waals surface area (Å²) in [5.74, 6) is -2.64. The second kappa shape index (κ2) is 5.12. The van der Waals surface area contributed by atoms with Gasteiger partial charge in [-0.05, 0) is 19.8 Å². The molecule has 3 rings (SSSR count). The summed E-state index contributed by atoms with van der Waals surface area (Å²) in [6.45, 7) is 3.76. The minimum Gasteiger partial charge on any atom is -0.251 e. The summed E-state index contributed by atoms with van der Waals surface area (Å²) in [5.41, 5.74) is 2.30. The first-order chi connectivity index (χ1) is 9.91. The largest absolute Gasteiger partial charge is 0.255 e. The first-order valence-electron chi connectivity index (χ1n) is 7.10. The topological polar surface area (TPSA) is 43.6 Å². The molecule has 1 aliphatic carbocycles. The molecule has 0 saturated heterocycles. The van der Waals surface area contributed by atoms with Gasteiger partial charge in [-0.1, -0.05) is 18.6 Å². The maximum absolute atomic E-state index is 14.2. The second-order valence-electron chi connectivity index (χ2n) is 6.04. The summed E-state index contributed by atoms with van der Waals surface area (Å²) < 4.78 is 30.0. The molecule has 2 aromatic rings. The molecule has 4 nitrogen and oxygen atoms in total. The molecule has 0 bridgehead atoms. The molecule has 1 aliphatic rings. The second-order valence-corrected chi connectivity index (χ2v) is 6.90. The van der Waals surface area contributed by atoms with Crippen molar-refractivity contribution in [2.45, 2.75) is 52.0 Å². The monoisotopic (exact) mass is 312 g/mol. The van der Waals surface area contributed by atoms with Crippen LogP contribution in [0.2, 0.25) is 0 Å². The fraction of sp³-hybridized carbons (Fsp3) is 0.643. The molecule has 114 valence electrons. The molecule has 2 aromatic heterocycles. The summed E-state index contributed by atoms with van der Waals surface area (Å²) in [6, 6.07) is 0. The zero-order valence-corrected chi connectivity index (χ0v) is 13.0. The summed E-state index contributed by atoms with van der Waals surface area (Å²) in [4.78, 5) is 5.12. The minimum absolute atomic E-state index is 0.0288. The number of aryl methyl sites for hydroxylation is 1. The van der Waals surface area contributed by atoms with Crippen LogP contribution in [0.5, 0.6) is 0 Å². The molecule has 1 atom stereocenters. The van der Waals surface area contributed by atoms with Gasteiger partial charge in [0.1, 0.15) is 5.69 Å². The van der Waals surface area contributed by atoms with E-state index in [-0.39, 0.29) is 13.0 Å². The SMILES string of the molecule is Cc1ncsc1-c1cn(CC2(C)CCCCC2(F)F)nn1. The number of alkyl halides is 2. The van der Waals surface area contributed by atoms with Gasteiger partial charge >= 0.3 is 0 Å². The van der Waals surface area contributed by atoms with Crippen LogP contribution in [-0.2, 0) is 6.54 Å². The van der Waals surface area contributed by atoms with Crippen molar-refractivity contribution in [2.24, 2.45) is 5.41 Å². The van der Waals surface area contributed by atoms with E-state index < -0.39 is 11.3 Å². The normalized spacial score (nSPS) is 25.1. The lowest BCUT2D eigenvalue weighted by Crippen LogP contribution is -2.44. The highest BCUT2D eigenvalue weighted by Crippen LogP contribution is 2.48. The van der Waals surface area contributed by atoms with Crippen molar-refractivity contribution < 1.29 is 8.78 Å². The van der Waals surface area contributed by atoms with Gasteiger partial charge in [-0.3, -0.25) is 4.68 Å². The Morgan fingerprint density at radius 1 is 1.33 bits per heavy atom. The molecule has 0 N–H and O–H groups in total. The molecule has 1 fully saturated rings. The summed E-state index contributed by atoms with van der Waals surface area (Å²) in [6.07, 6.45) is 3.69. The lowest BCUT2D eigenvalue weighted by Gasteiger charge is -2.40. The van der Waals surface area contributed by atoms with Gasteiger partial charge in [0.25, 0.3) is 5.92 Å². The number of hydrogen-bond acceptors (Lipinski definition) is 4. The summed E-state index contributed by atoms with van der Waals surface area (Å²) in [7, 11) is 0. The van der Waals surface area contributed by atoms with Gasteiger partial charge in [0.05, 0.1) is 34.2 Å². The minimum atomic E-state index is -2.64. The van der Waals surface area contributed by atoms with Crippen LogP contribution in [0.1, 0.15) is 38.3 Å². The Kier molecular flexibility index (Phi) is 3.55. The predicted octanol–water partition coefficient (Wildman–Crippen LogP) is 3.93. The molecule has 7 heteroatoms. The quantitative estimate of drug-likeness (QED) is 0.862. The first-order valence-corrected chi connectivity index (χ1v) is 7.98. The number of hydrogen-bond donors (Lipinski definition) is 0. The number of nitrogens with zero attached hydrogens (tertiary/aromatic N) is 4. The number of aromatic nitrogens is 4. The van der Waals surface area contributed by atoms with Crippen LogP contribution in [-0.4, -0.2) is 25.9 Å². The third-order valence-electron chi connectivity index (χ3n) is 4.38. The third-order valence-corrected chi connectivity index (χ3v) is 5.33. The molecular weight excluding hydrogens is 294 g/mol. The van der Waals surface area contributed by atoms with Crippen molar-refractivity contribution in [1.29, 1.82) is 0 Å². The van der Waals surface area contributed by atoms with Gasteiger partial charge in [0.2, 0.25) is 0 Å². The van der Waals surface area contributed by atoms with Gasteiger partial charge < -0.3 is 0 Å². The lowest BCUT2D eigenvalue weighted by atomic mass is 9.72. The summed E-state index contributed by atoms with van der Waals surface area (Å²) in [5, 5.41) is 8.13. The highest BCUT2D eigenvalue weighted by Gasteiger charge is 2.51. The van der Waals surface area contributed by atoms with Crippen LogP contribution in [0.4, 0.5) is 8.78 Å². The van der Waals surface area contributed by atoms with Crippen molar-refractivity contribution in [3.05, 3.63) is 17.4 Å². The lowest BCUT2D eigenvalue weighted by molar-refractivity contribution is -0.149. The fourth-order valence-electron chi connectivity index (χ4n) is 2.93. The predicted molar refractivity (Wildman–Crippen MR) is 77.4 cm³/mol. The van der Waals surface area contributed by atoms with Gasteiger partial charge in [-0.25, -0.2) is 13.8 Å². The molecule has 0 aromatic carbocycles. The highest BCUT2D eigenvalue weighted by molar-refractivity contribution is 7.13. The molecule has 0 spiro atoms. The Balaban J connectivity index is 1.83. The standard InChI is InChI=1S/C14H18F2N4S/c1-10-12(21-9-17-10)11-7-20(19-18-11)8-13(2)5-3-4-6-14(13,15)16/h7,9H,3-6,8H2,1-2H3. The van der Waals surface area contributed by atoms with Crippen LogP contribution in [0.3, 0.4) is 0 Å². The molecular formula is C14H18F2N4S. The van der Waals surface area contributed by atoms with E-state index in [1.807, 2.05) is 6.92 Å². The molecule has 1 unspecified atom stereocenters. The summed E-state index contributed by atoms with van der Waals surface area (Å²) >= 11 is 1.49. The van der Waals surface area contributed by atoms with E-state index in [1.54, 1.807) is 23.3 Å². The van der Waals surface area contributed by atoms with Crippen molar-refractivity contribution in [1.82, 2.24) is 20.0 Å². The molecule has 21 heavy (non-hydrogen) atoms. The van der Waals surface area contributed by atoms with Gasteiger partial charge in [0.15, 0.2) is 0 Å². The molecule has 0 amide bonds. The van der Waals surface area contributed by atoms with Crippen LogP contribution >= 0.6 is 11.3 Å². The van der Waals surface area contributed by atoms with Crippen LogP contribution in [0.15, 0.2) is 11.7 Å². The van der Waals surface area contributed by atoms with Gasteiger partial charge in [-0.15, -0.1) is 16.4 Å². The van der Waals surface area contributed by atoms with Crippen LogP contribution in [0.25, 0.3) is 10.6 Å². The average molecular weight is 312 g/mol. The smallest absolute Gasteiger partial charge is 0.251 e. The van der Waals surface area contributed by atoms with Gasteiger partial charge in [-0.2, -0.15) is 0 Å². The molecule has 2 heterocycles. The zero-order valence-electron chi connectivity index (χ0n) is 12.1. The molecule has 0 aliphatic heterocycles. The van der Waals surface area contributed by atoms with Gasteiger partial charge in [0, 0.05) is 6.42 Å². The van der Waals surface area contributed by atoms with Crippen LogP contribution < -0.4 is 0 Å². The zero-order chi connectivity index (χ0) is 15.1. The molecule has 0 radical (unpaired) electrons. The van der Waals surface area contributed by atoms with Crippen molar-refractivity contribution >= 4 is 11.3 Å².